The molecule has 0 bridgehead atoms. The van der Waals surface area contributed by atoms with Gasteiger partial charge in [-0.05, 0) is 39.8 Å². The molecule has 41 heavy (non-hydrogen) atoms. The van der Waals surface area contributed by atoms with Crippen molar-refractivity contribution in [2.75, 3.05) is 31.3 Å². The number of imidazole rings is 1. The predicted molar refractivity (Wildman–Crippen MR) is 149 cm³/mol. The van der Waals surface area contributed by atoms with Gasteiger partial charge in [0.05, 0.1) is 19.0 Å². The van der Waals surface area contributed by atoms with Crippen LogP contribution >= 0.6 is 7.75 Å². The summed E-state index contributed by atoms with van der Waals surface area (Å²) in [6.07, 6.45) is -2.84. The second kappa shape index (κ2) is 11.9. The summed E-state index contributed by atoms with van der Waals surface area (Å²) >= 11 is 0. The van der Waals surface area contributed by atoms with E-state index in [1.54, 1.807) is 63.2 Å². The van der Waals surface area contributed by atoms with E-state index in [-0.39, 0.29) is 17.3 Å². The molecule has 1 aromatic carbocycles. The molecule has 1 fully saturated rings. The largest absolute Gasteiger partial charge is 0.462 e. The van der Waals surface area contributed by atoms with Crippen molar-refractivity contribution in [1.29, 1.82) is 0 Å². The van der Waals surface area contributed by atoms with E-state index in [1.165, 1.54) is 24.7 Å². The number of para-hydroxylation sites is 1. The smallest absolute Gasteiger partial charge is 0.459 e. The second-order valence-electron chi connectivity index (χ2n) is 10.4. The maximum atomic E-state index is 13.8. The molecule has 6 atom stereocenters. The fourth-order valence-electron chi connectivity index (χ4n) is 4.29. The van der Waals surface area contributed by atoms with Crippen molar-refractivity contribution < 1.29 is 38.1 Å². The van der Waals surface area contributed by atoms with Gasteiger partial charge in [-0.1, -0.05) is 18.2 Å². The van der Waals surface area contributed by atoms with Crippen molar-refractivity contribution in [3.8, 4) is 5.75 Å². The average molecular weight is 594 g/mol. The van der Waals surface area contributed by atoms with E-state index in [1.807, 2.05) is 0 Å². The van der Waals surface area contributed by atoms with E-state index in [2.05, 4.69) is 20.0 Å². The lowest BCUT2D eigenvalue weighted by molar-refractivity contribution is -0.149. The Balaban J connectivity index is 1.57. The number of nitrogens with zero attached hydrogens (tertiary/aromatic N) is 5. The third kappa shape index (κ3) is 6.61. The summed E-state index contributed by atoms with van der Waals surface area (Å²) in [5, 5.41) is 24.9. The predicted octanol–water partition coefficient (Wildman–Crippen LogP) is 1.62. The summed E-state index contributed by atoms with van der Waals surface area (Å²) in [6.45, 7) is 5.73. The van der Waals surface area contributed by atoms with Crippen LogP contribution in [0.1, 0.15) is 33.9 Å². The number of hydrogen-bond acceptors (Lipinski definition) is 13. The van der Waals surface area contributed by atoms with Gasteiger partial charge in [-0.25, -0.2) is 9.55 Å². The zero-order valence-electron chi connectivity index (χ0n) is 23.7. The van der Waals surface area contributed by atoms with E-state index in [9.17, 15) is 19.6 Å². The molecular formula is C25H36N7O8P. The van der Waals surface area contributed by atoms with Gasteiger partial charge >= 0.3 is 13.7 Å². The number of aromatic nitrogens is 4. The first-order valence-corrected chi connectivity index (χ1v) is 14.5. The van der Waals surface area contributed by atoms with Crippen LogP contribution in [0.4, 0.5) is 11.8 Å². The number of benzene rings is 1. The van der Waals surface area contributed by atoms with Crippen LogP contribution in [0.5, 0.6) is 5.75 Å². The molecule has 0 unspecified atom stereocenters. The standard InChI is InChI=1S/C25H36N7O8P/c1-14(2)38-22(34)15(3)30-41(36,40-16-10-8-7-9-11-16)37-12-17-19(33)25(4,35)23(39-17)32-13-27-18-20(31(5)6)28-24(26)29-21(18)32/h7-11,13-15,17,19,23,33,35H,12H2,1-6H3,(H,30,36)(H2,26,28,29)/t15-,17+,19+,23+,25+,41-/m0/s1. The minimum absolute atomic E-state index is 0.0174. The Labute approximate surface area is 237 Å². The lowest BCUT2D eigenvalue weighted by Gasteiger charge is -2.27. The van der Waals surface area contributed by atoms with Gasteiger partial charge in [-0.3, -0.25) is 13.9 Å². The summed E-state index contributed by atoms with van der Waals surface area (Å²) in [5.41, 5.74) is 4.74. The van der Waals surface area contributed by atoms with Crippen LogP contribution in [0.2, 0.25) is 0 Å². The zero-order chi connectivity index (χ0) is 30.1. The lowest BCUT2D eigenvalue weighted by Crippen LogP contribution is -2.44. The molecule has 1 aliphatic heterocycles. The van der Waals surface area contributed by atoms with Gasteiger partial charge in [-0.15, -0.1) is 0 Å². The van der Waals surface area contributed by atoms with Crippen molar-refractivity contribution in [1.82, 2.24) is 24.6 Å². The highest BCUT2D eigenvalue weighted by atomic mass is 31.2. The van der Waals surface area contributed by atoms with Gasteiger partial charge in [0.25, 0.3) is 0 Å². The first-order valence-electron chi connectivity index (χ1n) is 12.9. The molecular weight excluding hydrogens is 557 g/mol. The van der Waals surface area contributed by atoms with Gasteiger partial charge in [-0.2, -0.15) is 15.1 Å². The normalized spacial score (nSPS) is 24.8. The molecule has 0 amide bonds. The van der Waals surface area contributed by atoms with E-state index in [0.717, 1.165) is 0 Å². The molecule has 4 rings (SSSR count). The Hall–Kier alpha value is -3.33. The third-order valence-electron chi connectivity index (χ3n) is 6.29. The topological polar surface area (TPSA) is 196 Å². The van der Waals surface area contributed by atoms with Crippen LogP contribution in [-0.4, -0.2) is 86.4 Å². The van der Waals surface area contributed by atoms with Gasteiger partial charge in [0.15, 0.2) is 23.2 Å². The molecule has 224 valence electrons. The number of anilines is 2. The SMILES string of the molecule is CC(C)OC(=O)[C@H](C)N[P@](=O)(OC[C@H]1O[C@@H](n2cnc3c(N(C)C)nc(N)nc32)[C@](C)(O)[C@@H]1O)Oc1ccccc1. The zero-order valence-corrected chi connectivity index (χ0v) is 24.6. The fourth-order valence-corrected chi connectivity index (χ4v) is 5.79. The number of carbonyl (C=O) groups excluding carboxylic acids is 1. The van der Waals surface area contributed by atoms with Crippen LogP contribution in [0.15, 0.2) is 36.7 Å². The number of aliphatic hydroxyl groups is 2. The fraction of sp³-hybridized carbons (Fsp3) is 0.520. The first-order chi connectivity index (χ1) is 19.2. The summed E-state index contributed by atoms with van der Waals surface area (Å²) < 4.78 is 37.8. The molecule has 1 aliphatic rings. The number of nitrogen functional groups attached to an aromatic ring is 1. The number of ether oxygens (including phenoxy) is 2. The summed E-state index contributed by atoms with van der Waals surface area (Å²) in [7, 11) is -0.703. The Morgan fingerprint density at radius 3 is 2.59 bits per heavy atom. The molecule has 0 radical (unpaired) electrons. The van der Waals surface area contributed by atoms with E-state index >= 15 is 0 Å². The molecule has 16 heteroatoms. The minimum Gasteiger partial charge on any atom is -0.462 e. The lowest BCUT2D eigenvalue weighted by atomic mass is 9.96. The Morgan fingerprint density at radius 2 is 1.95 bits per heavy atom. The number of carbonyl (C=O) groups is 1. The summed E-state index contributed by atoms with van der Waals surface area (Å²) in [4.78, 5) is 27.0. The monoisotopic (exact) mass is 593 g/mol. The Morgan fingerprint density at radius 1 is 1.27 bits per heavy atom. The third-order valence-corrected chi connectivity index (χ3v) is 7.93. The van der Waals surface area contributed by atoms with Crippen molar-refractivity contribution in [2.24, 2.45) is 0 Å². The molecule has 1 saturated heterocycles. The molecule has 15 nitrogen and oxygen atoms in total. The first kappa shape index (κ1) is 30.6. The van der Waals surface area contributed by atoms with Crippen molar-refractivity contribution >= 4 is 36.6 Å². The summed E-state index contributed by atoms with van der Waals surface area (Å²) in [6, 6.07) is 7.17. The highest BCUT2D eigenvalue weighted by Crippen LogP contribution is 2.47. The Kier molecular flexibility index (Phi) is 8.87. The maximum Gasteiger partial charge on any atom is 0.459 e. The van der Waals surface area contributed by atoms with E-state index in [0.29, 0.717) is 11.3 Å². The quantitative estimate of drug-likeness (QED) is 0.185. The van der Waals surface area contributed by atoms with E-state index < -0.39 is 56.5 Å². The number of esters is 1. The van der Waals surface area contributed by atoms with Crippen LogP contribution < -0.4 is 20.2 Å². The highest BCUT2D eigenvalue weighted by molar-refractivity contribution is 7.52. The number of nitrogens with one attached hydrogen (secondary N) is 1. The average Bonchev–Trinajstić information content (AvgIpc) is 3.40. The summed E-state index contributed by atoms with van der Waals surface area (Å²) in [5.74, 6) is -0.00827. The van der Waals surface area contributed by atoms with Crippen LogP contribution in [0, 0.1) is 0 Å². The molecule has 3 aromatic rings. The van der Waals surface area contributed by atoms with Gasteiger partial charge in [0.2, 0.25) is 5.95 Å². The molecule has 2 aromatic heterocycles. The molecule has 0 saturated carbocycles. The second-order valence-corrected chi connectivity index (χ2v) is 12.0. The van der Waals surface area contributed by atoms with Gasteiger partial charge < -0.3 is 34.8 Å². The van der Waals surface area contributed by atoms with Crippen LogP contribution in [0.25, 0.3) is 11.2 Å². The Bertz CT molecular complexity index is 1420. The number of aliphatic hydroxyl groups excluding tert-OH is 1. The molecule has 0 spiro atoms. The van der Waals surface area contributed by atoms with Crippen LogP contribution in [-0.2, 0) is 23.4 Å². The van der Waals surface area contributed by atoms with E-state index in [4.69, 9.17) is 24.3 Å². The molecule has 5 N–H and O–H groups in total. The highest BCUT2D eigenvalue weighted by Gasteiger charge is 2.54. The minimum atomic E-state index is -4.24. The van der Waals surface area contributed by atoms with Crippen molar-refractivity contribution in [3.63, 3.8) is 0 Å². The van der Waals surface area contributed by atoms with Gasteiger partial charge in [0.1, 0.15) is 29.6 Å². The van der Waals surface area contributed by atoms with Gasteiger partial charge in [0, 0.05) is 14.1 Å². The number of fused-ring (bicyclic) bond motifs is 1. The molecule has 0 aliphatic carbocycles. The number of rotatable bonds is 11. The van der Waals surface area contributed by atoms with Crippen molar-refractivity contribution in [3.05, 3.63) is 36.7 Å². The number of hydrogen-bond donors (Lipinski definition) is 4. The van der Waals surface area contributed by atoms with Crippen molar-refractivity contribution in [2.45, 2.75) is 63.9 Å². The maximum absolute atomic E-state index is 13.8. The van der Waals surface area contributed by atoms with Crippen LogP contribution in [0.3, 0.4) is 0 Å². The molecule has 3 heterocycles. The number of nitrogens with two attached hydrogens (primary N) is 1.